The van der Waals surface area contributed by atoms with Gasteiger partial charge < -0.3 is 8.98 Å². The minimum absolute atomic E-state index is 1.03. The molecular weight excluding hydrogens is 395 g/mol. The number of hydrogen-bond donors (Lipinski definition) is 0. The van der Waals surface area contributed by atoms with Crippen LogP contribution in [-0.2, 0) is 0 Å². The van der Waals surface area contributed by atoms with Gasteiger partial charge in [-0.2, -0.15) is 0 Å². The van der Waals surface area contributed by atoms with Crippen molar-refractivity contribution in [3.05, 3.63) is 54.1 Å². The molecule has 2 heterocycles. The molecule has 2 nitrogen and oxygen atoms in total. The molecule has 152 valence electrons. The molecule has 0 unspecified atom stereocenters. The third-order valence-corrected chi connectivity index (χ3v) is 8.10. The molecule has 0 atom stereocenters. The molecule has 0 spiro atoms. The lowest BCUT2D eigenvalue weighted by Crippen LogP contribution is -2.40. The monoisotopic (exact) mass is 419 g/mol. The molecule has 0 aliphatic rings. The van der Waals surface area contributed by atoms with Crippen molar-refractivity contribution in [1.82, 2.24) is 4.57 Å². The maximum Gasteiger partial charge on any atom is 0.143 e. The van der Waals surface area contributed by atoms with Crippen LogP contribution in [0.1, 0.15) is 5.56 Å². The Morgan fingerprint density at radius 2 is 1.09 bits per heavy atom. The van der Waals surface area contributed by atoms with Crippen LogP contribution in [0.4, 0.5) is 0 Å². The van der Waals surface area contributed by atoms with E-state index in [0.29, 0.717) is 0 Å². The summed E-state index contributed by atoms with van der Waals surface area (Å²) >= 11 is 0. The molecular formula is C25H23B6NO. The van der Waals surface area contributed by atoms with E-state index in [2.05, 4.69) is 107 Å². The van der Waals surface area contributed by atoms with Crippen molar-refractivity contribution in [2.45, 2.75) is 6.92 Å². The summed E-state index contributed by atoms with van der Waals surface area (Å²) in [6.07, 6.45) is 0. The summed E-state index contributed by atoms with van der Waals surface area (Å²) in [5.74, 6) is 0. The van der Waals surface area contributed by atoms with Crippen LogP contribution in [0.25, 0.3) is 49.4 Å². The Balaban J connectivity index is 1.88. The van der Waals surface area contributed by atoms with Gasteiger partial charge in [0.15, 0.2) is 0 Å². The highest BCUT2D eigenvalue weighted by molar-refractivity contribution is 6.63. The van der Waals surface area contributed by atoms with E-state index in [1.54, 1.807) is 0 Å². The van der Waals surface area contributed by atoms with Crippen LogP contribution >= 0.6 is 0 Å². The number of nitrogens with zero attached hydrogens (tertiary/aromatic N) is 1. The molecule has 6 rings (SSSR count). The zero-order valence-electron chi connectivity index (χ0n) is 20.5. The zero-order valence-corrected chi connectivity index (χ0v) is 20.5. The van der Waals surface area contributed by atoms with Gasteiger partial charge in [-0.1, -0.05) is 69.2 Å². The fraction of sp³-hybridized carbons (Fsp3) is 0.0400. The maximum atomic E-state index is 6.63. The molecule has 0 saturated heterocycles. The first-order chi connectivity index (χ1) is 15.8. The molecule has 6 aromatic rings. The molecule has 33 heavy (non-hydrogen) atoms. The van der Waals surface area contributed by atoms with Gasteiger partial charge >= 0.3 is 0 Å². The van der Waals surface area contributed by atoms with Crippen molar-refractivity contribution in [3.63, 3.8) is 0 Å². The summed E-state index contributed by atoms with van der Waals surface area (Å²) in [5.41, 5.74) is 14.9. The van der Waals surface area contributed by atoms with Gasteiger partial charge in [-0.3, -0.25) is 0 Å². The number of hydrogen-bond acceptors (Lipinski definition) is 1. The van der Waals surface area contributed by atoms with Crippen LogP contribution in [0.2, 0.25) is 0 Å². The van der Waals surface area contributed by atoms with E-state index >= 15 is 0 Å². The maximum absolute atomic E-state index is 6.63. The smallest absolute Gasteiger partial charge is 0.143 e. The first-order valence-corrected chi connectivity index (χ1v) is 11.7. The molecule has 0 amide bonds. The zero-order chi connectivity index (χ0) is 23.2. The number of benzene rings is 4. The van der Waals surface area contributed by atoms with Crippen molar-refractivity contribution >= 4 is 124 Å². The number of furan rings is 1. The van der Waals surface area contributed by atoms with Crippen LogP contribution in [0.3, 0.4) is 0 Å². The standard InChI is InChI=1S/C25H23B6NO/c1-10-15-16-18(27)23(20(29)22(31)25(16)33-24(15)21(30)19(28)17(10)26)32-13-8-4-2-6-11(13)12-7-3-5-9-14(12)32/h2-9H,26-31H2,1H3. The fourth-order valence-electron chi connectivity index (χ4n) is 5.84. The number of rotatable bonds is 1. The Bertz CT molecular complexity index is 1740. The van der Waals surface area contributed by atoms with Gasteiger partial charge in [0.2, 0.25) is 0 Å². The predicted molar refractivity (Wildman–Crippen MR) is 162 cm³/mol. The number of fused-ring (bicyclic) bond motifs is 6. The second-order valence-corrected chi connectivity index (χ2v) is 9.60. The molecule has 0 N–H and O–H groups in total. The topological polar surface area (TPSA) is 18.1 Å². The second-order valence-electron chi connectivity index (χ2n) is 9.60. The Kier molecular flexibility index (Phi) is 4.30. The van der Waals surface area contributed by atoms with E-state index in [4.69, 9.17) is 4.42 Å². The highest BCUT2D eigenvalue weighted by Gasteiger charge is 2.23. The Labute approximate surface area is 199 Å². The quantitative estimate of drug-likeness (QED) is 0.254. The van der Waals surface area contributed by atoms with Crippen molar-refractivity contribution in [2.75, 3.05) is 0 Å². The number of aromatic nitrogens is 1. The lowest BCUT2D eigenvalue weighted by atomic mass is 9.68. The summed E-state index contributed by atoms with van der Waals surface area (Å²) in [4.78, 5) is 0. The van der Waals surface area contributed by atoms with E-state index in [-0.39, 0.29) is 0 Å². The first-order valence-electron chi connectivity index (χ1n) is 11.7. The van der Waals surface area contributed by atoms with Gasteiger partial charge in [0.1, 0.15) is 58.2 Å². The van der Waals surface area contributed by atoms with Gasteiger partial charge in [0, 0.05) is 27.2 Å². The lowest BCUT2D eigenvalue weighted by Gasteiger charge is -2.19. The van der Waals surface area contributed by atoms with Gasteiger partial charge in [0.05, 0.1) is 11.0 Å². The minimum Gasteiger partial charge on any atom is -0.457 e. The molecule has 0 bridgehead atoms. The molecule has 0 aliphatic carbocycles. The van der Waals surface area contributed by atoms with Crippen LogP contribution in [0.5, 0.6) is 0 Å². The number of para-hydroxylation sites is 2. The normalized spacial score (nSPS) is 11.9. The molecule has 4 aromatic carbocycles. The molecule has 0 saturated carbocycles. The average molecular weight is 418 g/mol. The largest absolute Gasteiger partial charge is 0.457 e. The summed E-state index contributed by atoms with van der Waals surface area (Å²) in [6, 6.07) is 17.5. The molecule has 8 heteroatoms. The Morgan fingerprint density at radius 1 is 0.576 bits per heavy atom. The molecule has 0 radical (unpaired) electrons. The van der Waals surface area contributed by atoms with Crippen LogP contribution in [0.15, 0.2) is 52.9 Å². The van der Waals surface area contributed by atoms with Crippen LogP contribution in [-0.4, -0.2) is 51.6 Å². The summed E-state index contributed by atoms with van der Waals surface area (Å²) < 4.78 is 9.09. The fourth-order valence-corrected chi connectivity index (χ4v) is 5.84. The van der Waals surface area contributed by atoms with E-state index in [9.17, 15) is 0 Å². The van der Waals surface area contributed by atoms with Gasteiger partial charge in [0.25, 0.3) is 0 Å². The highest BCUT2D eigenvalue weighted by atomic mass is 16.3. The second kappa shape index (κ2) is 6.93. The molecule has 0 aliphatic heterocycles. The van der Waals surface area contributed by atoms with E-state index in [0.717, 1.165) is 11.2 Å². The lowest BCUT2D eigenvalue weighted by molar-refractivity contribution is 0.674. The Morgan fingerprint density at radius 3 is 1.70 bits per heavy atom. The van der Waals surface area contributed by atoms with Crippen LogP contribution in [0, 0.1) is 6.92 Å². The van der Waals surface area contributed by atoms with Gasteiger partial charge in [-0.15, -0.1) is 0 Å². The predicted octanol–water partition coefficient (Wildman–Crippen LogP) is -3.46. The SMILES string of the molecule is Bc1c(-n2c3ccccc3c3ccccc32)c(B)c2c(oc3c(B)c(B)c(B)c(C)c32)c1B. The van der Waals surface area contributed by atoms with Crippen molar-refractivity contribution in [3.8, 4) is 5.69 Å². The van der Waals surface area contributed by atoms with E-state index in [1.807, 2.05) is 0 Å². The van der Waals surface area contributed by atoms with Crippen molar-refractivity contribution in [2.24, 2.45) is 0 Å². The van der Waals surface area contributed by atoms with Gasteiger partial charge in [-0.05, 0) is 24.6 Å². The third kappa shape index (κ3) is 2.52. The molecule has 0 fully saturated rings. The Hall–Kier alpha value is -3.13. The number of aryl methyl sites for hydroxylation is 1. The highest BCUT2D eigenvalue weighted by Crippen LogP contribution is 2.33. The summed E-state index contributed by atoms with van der Waals surface area (Å²) in [7, 11) is 13.4. The summed E-state index contributed by atoms with van der Waals surface area (Å²) in [5, 5.41) is 5.11. The van der Waals surface area contributed by atoms with Crippen molar-refractivity contribution in [1.29, 1.82) is 0 Å². The van der Waals surface area contributed by atoms with Crippen molar-refractivity contribution < 1.29 is 4.42 Å². The van der Waals surface area contributed by atoms with Gasteiger partial charge in [-0.25, -0.2) is 0 Å². The summed E-state index contributed by atoms with van der Waals surface area (Å²) in [6.45, 7) is 2.24. The van der Waals surface area contributed by atoms with Crippen LogP contribution < -0.4 is 32.8 Å². The van der Waals surface area contributed by atoms with E-state index in [1.165, 1.54) is 76.6 Å². The third-order valence-electron chi connectivity index (χ3n) is 8.10. The first kappa shape index (κ1) is 20.5. The average Bonchev–Trinajstić information content (AvgIpc) is 3.38. The molecule has 2 aromatic heterocycles. The van der Waals surface area contributed by atoms with E-state index < -0.39 is 0 Å². The minimum atomic E-state index is 1.03.